The number of anilines is 1. The number of aromatic nitrogens is 1. The van der Waals surface area contributed by atoms with E-state index in [0.29, 0.717) is 5.56 Å². The fraction of sp³-hybridized carbons (Fsp3) is 0.143. The van der Waals surface area contributed by atoms with Gasteiger partial charge in [-0.3, -0.25) is 4.79 Å². The Morgan fingerprint density at radius 1 is 0.788 bits per heavy atom. The molecule has 0 unspecified atom stereocenters. The number of hydrogen-bond donors (Lipinski definition) is 1. The number of thiophene rings is 1. The summed E-state index contributed by atoms with van der Waals surface area (Å²) >= 11 is 3.43. The number of fused-ring (bicyclic) bond motifs is 2. The maximum absolute atomic E-state index is 13.2. The number of nitrogens with zero attached hydrogens (tertiary/aromatic N) is 1. The van der Waals surface area contributed by atoms with Gasteiger partial charge < -0.3 is 5.32 Å². The number of benzene rings is 3. The molecule has 0 atom stereocenters. The summed E-state index contributed by atoms with van der Waals surface area (Å²) in [4.78, 5) is 19.5. The van der Waals surface area contributed by atoms with E-state index in [1.165, 1.54) is 28.0 Å². The monoisotopic (exact) mass is 466 g/mol. The third kappa shape index (κ3) is 3.88. The Hall–Kier alpha value is -3.28. The van der Waals surface area contributed by atoms with Crippen molar-refractivity contribution in [1.29, 1.82) is 0 Å². The number of hydrogen-bond acceptors (Lipinski definition) is 4. The van der Waals surface area contributed by atoms with Crippen molar-refractivity contribution in [2.45, 2.75) is 25.7 Å². The fourth-order valence-electron chi connectivity index (χ4n) is 4.48. The highest BCUT2D eigenvalue weighted by atomic mass is 32.1. The molecule has 0 fully saturated rings. The van der Waals surface area contributed by atoms with Gasteiger partial charge in [-0.15, -0.1) is 22.7 Å². The van der Waals surface area contributed by atoms with Crippen LogP contribution in [0.4, 0.5) is 5.00 Å². The zero-order chi connectivity index (χ0) is 22.2. The van der Waals surface area contributed by atoms with Crippen LogP contribution in [0.5, 0.6) is 0 Å². The van der Waals surface area contributed by atoms with Gasteiger partial charge in [0.25, 0.3) is 5.91 Å². The molecule has 1 amide bonds. The van der Waals surface area contributed by atoms with E-state index in [1.54, 1.807) is 22.7 Å². The van der Waals surface area contributed by atoms with E-state index in [2.05, 4.69) is 35.6 Å². The summed E-state index contributed by atoms with van der Waals surface area (Å²) < 4.78 is 1.18. The van der Waals surface area contributed by atoms with Crippen LogP contribution in [0.2, 0.25) is 0 Å². The lowest BCUT2D eigenvalue weighted by Crippen LogP contribution is -2.11. The molecule has 0 spiro atoms. The Bertz CT molecular complexity index is 1420. The molecule has 162 valence electrons. The Labute approximate surface area is 200 Å². The third-order valence-corrected chi connectivity index (χ3v) is 8.42. The average molecular weight is 467 g/mol. The molecule has 0 bridgehead atoms. The lowest BCUT2D eigenvalue weighted by molar-refractivity contribution is 0.102. The number of aryl methyl sites for hydroxylation is 1. The topological polar surface area (TPSA) is 42.0 Å². The molecule has 0 saturated carbocycles. The fourth-order valence-corrected chi connectivity index (χ4v) is 6.87. The number of nitrogens with one attached hydrogen (secondary N) is 1. The van der Waals surface area contributed by atoms with Crippen molar-refractivity contribution in [1.82, 2.24) is 4.98 Å². The van der Waals surface area contributed by atoms with Crippen molar-refractivity contribution in [2.24, 2.45) is 0 Å². The predicted octanol–water partition coefficient (Wildman–Crippen LogP) is 7.82. The second-order valence-electron chi connectivity index (χ2n) is 8.30. The van der Waals surface area contributed by atoms with Crippen molar-refractivity contribution in [3.05, 3.63) is 94.9 Å². The van der Waals surface area contributed by atoms with Crippen LogP contribution in [-0.4, -0.2) is 10.9 Å². The van der Waals surface area contributed by atoms with Gasteiger partial charge in [-0.25, -0.2) is 4.98 Å². The average Bonchev–Trinajstić information content (AvgIpc) is 3.45. The summed E-state index contributed by atoms with van der Waals surface area (Å²) in [5.74, 6) is -0.0735. The first-order chi connectivity index (χ1) is 16.3. The molecule has 33 heavy (non-hydrogen) atoms. The van der Waals surface area contributed by atoms with Crippen LogP contribution in [0.3, 0.4) is 0 Å². The summed E-state index contributed by atoms with van der Waals surface area (Å²) in [6.45, 7) is 0. The number of carbonyl (C=O) groups excluding carboxylic acids is 1. The van der Waals surface area contributed by atoms with Crippen LogP contribution in [0.15, 0.2) is 78.9 Å². The molecule has 6 rings (SSSR count). The second-order valence-corrected chi connectivity index (χ2v) is 10.4. The largest absolute Gasteiger partial charge is 0.313 e. The van der Waals surface area contributed by atoms with Crippen molar-refractivity contribution in [2.75, 3.05) is 5.32 Å². The summed E-state index contributed by atoms with van der Waals surface area (Å²) in [6, 6.07) is 26.3. The minimum atomic E-state index is -0.0735. The molecule has 5 aromatic rings. The summed E-state index contributed by atoms with van der Waals surface area (Å²) in [5.41, 5.74) is 6.44. The molecule has 1 N–H and O–H groups in total. The van der Waals surface area contributed by atoms with E-state index < -0.39 is 0 Å². The number of para-hydroxylation sites is 1. The van der Waals surface area contributed by atoms with E-state index in [9.17, 15) is 4.79 Å². The van der Waals surface area contributed by atoms with Gasteiger partial charge in [-0.05, 0) is 66.6 Å². The molecule has 1 aliphatic carbocycles. The molecule has 0 aliphatic heterocycles. The van der Waals surface area contributed by atoms with E-state index in [1.807, 2.05) is 48.5 Å². The number of thiazole rings is 1. The first kappa shape index (κ1) is 20.3. The summed E-state index contributed by atoms with van der Waals surface area (Å²) in [5, 5.41) is 5.17. The maximum Gasteiger partial charge on any atom is 0.256 e. The Balaban J connectivity index is 1.34. The minimum absolute atomic E-state index is 0.0735. The van der Waals surface area contributed by atoms with Crippen molar-refractivity contribution < 1.29 is 4.79 Å². The number of amides is 1. The highest BCUT2D eigenvalue weighted by Gasteiger charge is 2.25. The molecule has 3 nitrogen and oxygen atoms in total. The van der Waals surface area contributed by atoms with Crippen LogP contribution < -0.4 is 5.32 Å². The van der Waals surface area contributed by atoms with Gasteiger partial charge in [0.2, 0.25) is 0 Å². The first-order valence-corrected chi connectivity index (χ1v) is 12.9. The smallest absolute Gasteiger partial charge is 0.256 e. The minimum Gasteiger partial charge on any atom is -0.313 e. The molecule has 2 aromatic heterocycles. The number of carbonyl (C=O) groups is 1. The van der Waals surface area contributed by atoms with E-state index in [-0.39, 0.29) is 5.91 Å². The SMILES string of the molecule is O=C(Nc1sc2c(c1-c1nc3ccccc3s1)CCCC2)c1ccc(-c2ccccc2)cc1. The van der Waals surface area contributed by atoms with Crippen LogP contribution in [0.1, 0.15) is 33.6 Å². The molecule has 0 saturated heterocycles. The molecule has 5 heteroatoms. The van der Waals surface area contributed by atoms with E-state index >= 15 is 0 Å². The molecule has 1 aliphatic rings. The summed E-state index contributed by atoms with van der Waals surface area (Å²) in [6.07, 6.45) is 4.54. The first-order valence-electron chi connectivity index (χ1n) is 11.2. The highest BCUT2D eigenvalue weighted by molar-refractivity contribution is 7.23. The predicted molar refractivity (Wildman–Crippen MR) is 139 cm³/mol. The standard InChI is InChI=1S/C28H22N2OS2/c31-26(20-16-14-19(15-17-20)18-8-2-1-3-9-18)30-28-25(21-10-4-6-12-23(21)32-28)27-29-22-11-5-7-13-24(22)33-27/h1-3,5,7-9,11,13-17H,4,6,10,12H2,(H,30,31). The van der Waals surface area contributed by atoms with Gasteiger partial charge in [0.15, 0.2) is 0 Å². The van der Waals surface area contributed by atoms with Gasteiger partial charge in [0, 0.05) is 16.0 Å². The highest BCUT2D eigenvalue weighted by Crippen LogP contribution is 2.46. The quantitative estimate of drug-likeness (QED) is 0.293. The normalized spacial score (nSPS) is 13.1. The van der Waals surface area contributed by atoms with E-state index in [0.717, 1.165) is 45.1 Å². The van der Waals surface area contributed by atoms with Crippen LogP contribution in [0, 0.1) is 0 Å². The van der Waals surface area contributed by atoms with Crippen LogP contribution in [0.25, 0.3) is 31.9 Å². The van der Waals surface area contributed by atoms with Gasteiger partial charge >= 0.3 is 0 Å². The maximum atomic E-state index is 13.2. The molecule has 2 heterocycles. The Morgan fingerprint density at radius 2 is 1.52 bits per heavy atom. The van der Waals surface area contributed by atoms with Crippen LogP contribution in [-0.2, 0) is 12.8 Å². The molecule has 0 radical (unpaired) electrons. The van der Waals surface area contributed by atoms with Gasteiger partial charge in [0.05, 0.1) is 10.2 Å². The van der Waals surface area contributed by atoms with Crippen molar-refractivity contribution in [3.8, 4) is 21.7 Å². The van der Waals surface area contributed by atoms with Crippen LogP contribution >= 0.6 is 22.7 Å². The molecular formula is C28H22N2OS2. The molecular weight excluding hydrogens is 444 g/mol. The molecule has 3 aromatic carbocycles. The number of rotatable bonds is 4. The summed E-state index contributed by atoms with van der Waals surface area (Å²) in [7, 11) is 0. The van der Waals surface area contributed by atoms with Crippen molar-refractivity contribution >= 4 is 43.8 Å². The van der Waals surface area contributed by atoms with E-state index in [4.69, 9.17) is 4.98 Å². The lowest BCUT2D eigenvalue weighted by atomic mass is 9.95. The lowest BCUT2D eigenvalue weighted by Gasteiger charge is -2.12. The third-order valence-electron chi connectivity index (χ3n) is 6.16. The Morgan fingerprint density at radius 3 is 2.33 bits per heavy atom. The van der Waals surface area contributed by atoms with Gasteiger partial charge in [-0.2, -0.15) is 0 Å². The zero-order valence-electron chi connectivity index (χ0n) is 18.0. The van der Waals surface area contributed by atoms with Gasteiger partial charge in [-0.1, -0.05) is 54.6 Å². The van der Waals surface area contributed by atoms with Crippen molar-refractivity contribution in [3.63, 3.8) is 0 Å². The zero-order valence-corrected chi connectivity index (χ0v) is 19.6. The van der Waals surface area contributed by atoms with Gasteiger partial charge in [0.1, 0.15) is 10.0 Å². The second kappa shape index (κ2) is 8.58. The Kier molecular flexibility index (Phi) is 5.29.